The monoisotopic (exact) mass is 272 g/mol. The molecule has 0 fully saturated rings. The van der Waals surface area contributed by atoms with Crippen LogP contribution in [0.25, 0.3) is 0 Å². The Morgan fingerprint density at radius 1 is 1.56 bits per heavy atom. The molecule has 2 unspecified atom stereocenters. The first-order chi connectivity index (χ1) is 8.31. The van der Waals surface area contributed by atoms with Gasteiger partial charge in [-0.25, -0.2) is 4.39 Å². The molecule has 0 spiro atoms. The lowest BCUT2D eigenvalue weighted by atomic mass is 10.1. The van der Waals surface area contributed by atoms with Crippen molar-refractivity contribution in [1.29, 1.82) is 0 Å². The van der Waals surface area contributed by atoms with E-state index in [9.17, 15) is 13.4 Å². The predicted molar refractivity (Wildman–Crippen MR) is 71.4 cm³/mol. The van der Waals surface area contributed by atoms with Crippen molar-refractivity contribution in [2.75, 3.05) is 17.7 Å². The number of carbonyl (C=O) groups is 1. The summed E-state index contributed by atoms with van der Waals surface area (Å²) in [5, 5.41) is 2.65. The van der Waals surface area contributed by atoms with Crippen LogP contribution in [0.15, 0.2) is 12.1 Å². The highest BCUT2D eigenvalue weighted by Crippen LogP contribution is 2.17. The fourth-order valence-corrected chi connectivity index (χ4v) is 2.32. The normalized spacial score (nSPS) is 14.0. The van der Waals surface area contributed by atoms with E-state index in [1.54, 1.807) is 20.1 Å². The summed E-state index contributed by atoms with van der Waals surface area (Å²) in [6.07, 6.45) is 1.56. The highest BCUT2D eigenvalue weighted by Gasteiger charge is 2.14. The zero-order valence-corrected chi connectivity index (χ0v) is 11.4. The first-order valence-corrected chi connectivity index (χ1v) is 7.20. The lowest BCUT2D eigenvalue weighted by Gasteiger charge is -2.13. The number of anilines is 1. The third-order valence-electron chi connectivity index (χ3n) is 2.51. The number of nitrogens with two attached hydrogens (primary N) is 1. The molecule has 2 atom stereocenters. The molecule has 0 saturated heterocycles. The van der Waals surface area contributed by atoms with E-state index in [1.807, 2.05) is 0 Å². The summed E-state index contributed by atoms with van der Waals surface area (Å²) < 4.78 is 24.4. The van der Waals surface area contributed by atoms with Crippen molar-refractivity contribution in [3.05, 3.63) is 29.1 Å². The van der Waals surface area contributed by atoms with Crippen molar-refractivity contribution in [2.24, 2.45) is 0 Å². The zero-order chi connectivity index (χ0) is 13.9. The molecule has 0 radical (unpaired) electrons. The van der Waals surface area contributed by atoms with Crippen LogP contribution in [0.5, 0.6) is 0 Å². The Kier molecular flexibility index (Phi) is 4.84. The zero-order valence-electron chi connectivity index (χ0n) is 10.6. The van der Waals surface area contributed by atoms with Crippen LogP contribution in [-0.2, 0) is 10.8 Å². The SMILES string of the molecule is Cc1c(N)cc(C(=O)NC(C)CS(C)=O)cc1F. The molecule has 0 saturated carbocycles. The van der Waals surface area contributed by atoms with E-state index in [0.717, 1.165) is 6.07 Å². The van der Waals surface area contributed by atoms with E-state index >= 15 is 0 Å². The van der Waals surface area contributed by atoms with Crippen LogP contribution in [-0.4, -0.2) is 28.2 Å². The molecule has 0 aliphatic rings. The van der Waals surface area contributed by atoms with Gasteiger partial charge in [-0.1, -0.05) is 0 Å². The summed E-state index contributed by atoms with van der Waals surface area (Å²) in [5.41, 5.74) is 6.34. The van der Waals surface area contributed by atoms with E-state index in [2.05, 4.69) is 5.32 Å². The van der Waals surface area contributed by atoms with E-state index in [0.29, 0.717) is 11.3 Å². The number of nitrogens with one attached hydrogen (secondary N) is 1. The molecule has 1 rings (SSSR count). The average Bonchev–Trinajstić information content (AvgIpc) is 2.23. The van der Waals surface area contributed by atoms with Crippen LogP contribution >= 0.6 is 0 Å². The second-order valence-electron chi connectivity index (χ2n) is 4.29. The quantitative estimate of drug-likeness (QED) is 0.809. The number of amides is 1. The van der Waals surface area contributed by atoms with Crippen molar-refractivity contribution in [2.45, 2.75) is 19.9 Å². The fraction of sp³-hybridized carbons (Fsp3) is 0.417. The maximum Gasteiger partial charge on any atom is 0.251 e. The molecule has 6 heteroatoms. The number of carbonyl (C=O) groups excluding carboxylic acids is 1. The Morgan fingerprint density at radius 3 is 2.67 bits per heavy atom. The molecule has 0 aliphatic carbocycles. The fourth-order valence-electron chi connectivity index (χ4n) is 1.53. The van der Waals surface area contributed by atoms with Crippen LogP contribution < -0.4 is 11.1 Å². The van der Waals surface area contributed by atoms with Crippen LogP contribution in [0.4, 0.5) is 10.1 Å². The summed E-state index contributed by atoms with van der Waals surface area (Å²) in [5.74, 6) is -0.569. The first-order valence-electron chi connectivity index (χ1n) is 5.47. The van der Waals surface area contributed by atoms with E-state index < -0.39 is 22.5 Å². The van der Waals surface area contributed by atoms with Gasteiger partial charge in [0.25, 0.3) is 5.91 Å². The lowest BCUT2D eigenvalue weighted by molar-refractivity contribution is 0.0943. The van der Waals surface area contributed by atoms with Gasteiger partial charge < -0.3 is 11.1 Å². The maximum atomic E-state index is 13.4. The van der Waals surface area contributed by atoms with Gasteiger partial charge in [0, 0.05) is 45.7 Å². The number of benzene rings is 1. The standard InChI is InChI=1S/C12H17FN2O2S/c1-7(6-18(3)17)15-12(16)9-4-10(13)8(2)11(14)5-9/h4-5,7H,6,14H2,1-3H3,(H,15,16). The molecular formula is C12H17FN2O2S. The van der Waals surface area contributed by atoms with Gasteiger partial charge in [-0.05, 0) is 26.0 Å². The first kappa shape index (κ1) is 14.6. The Balaban J connectivity index is 2.82. The van der Waals surface area contributed by atoms with Crippen LogP contribution in [0.1, 0.15) is 22.8 Å². The Hall–Kier alpha value is -1.43. The average molecular weight is 272 g/mol. The van der Waals surface area contributed by atoms with Gasteiger partial charge >= 0.3 is 0 Å². The van der Waals surface area contributed by atoms with E-state index in [-0.39, 0.29) is 17.3 Å². The highest BCUT2D eigenvalue weighted by atomic mass is 32.2. The molecule has 100 valence electrons. The third kappa shape index (κ3) is 3.80. The van der Waals surface area contributed by atoms with Gasteiger partial charge in [0.2, 0.25) is 0 Å². The van der Waals surface area contributed by atoms with Gasteiger partial charge in [0.15, 0.2) is 0 Å². The minimum atomic E-state index is -0.994. The van der Waals surface area contributed by atoms with Crippen molar-refractivity contribution < 1.29 is 13.4 Å². The Morgan fingerprint density at radius 2 is 2.17 bits per heavy atom. The number of nitrogen functional groups attached to an aromatic ring is 1. The molecule has 0 heterocycles. The lowest BCUT2D eigenvalue weighted by Crippen LogP contribution is -2.36. The van der Waals surface area contributed by atoms with Gasteiger partial charge in [0.1, 0.15) is 5.82 Å². The molecule has 4 nitrogen and oxygen atoms in total. The van der Waals surface area contributed by atoms with Crippen LogP contribution in [0.2, 0.25) is 0 Å². The molecule has 3 N–H and O–H groups in total. The predicted octanol–water partition coefficient (Wildman–Crippen LogP) is 1.21. The second kappa shape index (κ2) is 5.95. The molecule has 0 aliphatic heterocycles. The minimum absolute atomic E-state index is 0.171. The molecule has 1 aromatic carbocycles. The van der Waals surface area contributed by atoms with Gasteiger partial charge in [-0.3, -0.25) is 9.00 Å². The highest BCUT2D eigenvalue weighted by molar-refractivity contribution is 7.84. The number of hydrogen-bond acceptors (Lipinski definition) is 3. The maximum absolute atomic E-state index is 13.4. The van der Waals surface area contributed by atoms with Crippen LogP contribution in [0.3, 0.4) is 0 Å². The van der Waals surface area contributed by atoms with Crippen molar-refractivity contribution in [3.8, 4) is 0 Å². The summed E-state index contributed by atoms with van der Waals surface area (Å²) in [6.45, 7) is 3.29. The van der Waals surface area contributed by atoms with Gasteiger partial charge in [-0.15, -0.1) is 0 Å². The largest absolute Gasteiger partial charge is 0.398 e. The van der Waals surface area contributed by atoms with Crippen molar-refractivity contribution in [1.82, 2.24) is 5.32 Å². The molecule has 1 aromatic rings. The summed E-state index contributed by atoms with van der Waals surface area (Å²) >= 11 is 0. The summed E-state index contributed by atoms with van der Waals surface area (Å²) in [6, 6.07) is 2.34. The van der Waals surface area contributed by atoms with Crippen LogP contribution in [0, 0.1) is 12.7 Å². The van der Waals surface area contributed by atoms with Gasteiger partial charge in [-0.2, -0.15) is 0 Å². The third-order valence-corrected chi connectivity index (χ3v) is 3.48. The number of rotatable bonds is 4. The van der Waals surface area contributed by atoms with E-state index in [4.69, 9.17) is 5.73 Å². The topological polar surface area (TPSA) is 72.2 Å². The Labute approximate surface area is 108 Å². The summed E-state index contributed by atoms with van der Waals surface area (Å²) in [7, 11) is -0.994. The molecular weight excluding hydrogens is 255 g/mol. The number of halogens is 1. The second-order valence-corrected chi connectivity index (χ2v) is 5.77. The van der Waals surface area contributed by atoms with Crippen molar-refractivity contribution in [3.63, 3.8) is 0 Å². The smallest absolute Gasteiger partial charge is 0.251 e. The molecule has 1 amide bonds. The van der Waals surface area contributed by atoms with Gasteiger partial charge in [0.05, 0.1) is 0 Å². The number of hydrogen-bond donors (Lipinski definition) is 2. The van der Waals surface area contributed by atoms with Crippen molar-refractivity contribution >= 4 is 22.4 Å². The molecule has 18 heavy (non-hydrogen) atoms. The minimum Gasteiger partial charge on any atom is -0.398 e. The molecule has 0 bridgehead atoms. The molecule has 0 aromatic heterocycles. The summed E-state index contributed by atoms with van der Waals surface area (Å²) in [4.78, 5) is 11.8. The van der Waals surface area contributed by atoms with E-state index in [1.165, 1.54) is 6.07 Å². The Bertz CT molecular complexity index is 468.